The lowest BCUT2D eigenvalue weighted by atomic mass is 10.0. The monoisotopic (exact) mass is 330 g/mol. The quantitative estimate of drug-likeness (QED) is 0.871. The number of halogens is 1. The summed E-state index contributed by atoms with van der Waals surface area (Å²) in [6.45, 7) is 0.208. The summed E-state index contributed by atoms with van der Waals surface area (Å²) in [5.41, 5.74) is 0.0239. The molecule has 1 aliphatic rings. The van der Waals surface area contributed by atoms with E-state index < -0.39 is 5.60 Å². The minimum atomic E-state index is -0.722. The normalized spacial score (nSPS) is 17.5. The van der Waals surface area contributed by atoms with Crippen LogP contribution in [0.25, 0.3) is 0 Å². The molecule has 0 spiro atoms. The predicted molar refractivity (Wildman–Crippen MR) is 75.5 cm³/mol. The van der Waals surface area contributed by atoms with Crippen molar-refractivity contribution in [2.45, 2.75) is 37.9 Å². The summed E-state index contributed by atoms with van der Waals surface area (Å²) in [7, 11) is 1.56. The molecule has 0 atom stereocenters. The van der Waals surface area contributed by atoms with Crippen LogP contribution in [0.4, 0.5) is 0 Å². The predicted octanol–water partition coefficient (Wildman–Crippen LogP) is 2.63. The van der Waals surface area contributed by atoms with Gasteiger partial charge in [0.15, 0.2) is 11.5 Å². The zero-order valence-corrected chi connectivity index (χ0v) is 12.6. The lowest BCUT2D eigenvalue weighted by Crippen LogP contribution is -2.32. The van der Waals surface area contributed by atoms with Crippen LogP contribution in [0.2, 0.25) is 0 Å². The standard InChI is InChI=1S/C14H19BrO4/c1-18-12-7-10(8-16)6-11(15)13(12)19-9-14(17)4-2-3-5-14/h6-7,16-17H,2-5,8-9H2,1H3. The van der Waals surface area contributed by atoms with Gasteiger partial charge in [0.25, 0.3) is 0 Å². The van der Waals surface area contributed by atoms with E-state index in [-0.39, 0.29) is 13.2 Å². The molecule has 1 aliphatic carbocycles. The van der Waals surface area contributed by atoms with E-state index in [0.29, 0.717) is 11.5 Å². The number of aliphatic hydroxyl groups is 2. The summed E-state index contributed by atoms with van der Waals surface area (Å²) in [6.07, 6.45) is 3.65. The lowest BCUT2D eigenvalue weighted by molar-refractivity contribution is 0.000481. The highest BCUT2D eigenvalue weighted by molar-refractivity contribution is 9.10. The number of rotatable bonds is 5. The molecule has 0 aromatic heterocycles. The third kappa shape index (κ3) is 3.41. The van der Waals surface area contributed by atoms with Gasteiger partial charge in [0.05, 0.1) is 23.8 Å². The minimum Gasteiger partial charge on any atom is -0.493 e. The molecule has 0 heterocycles. The Hall–Kier alpha value is -0.780. The molecule has 0 aliphatic heterocycles. The third-order valence-corrected chi connectivity index (χ3v) is 4.08. The van der Waals surface area contributed by atoms with Crippen molar-refractivity contribution in [3.8, 4) is 11.5 Å². The fraction of sp³-hybridized carbons (Fsp3) is 0.571. The second-order valence-electron chi connectivity index (χ2n) is 4.99. The molecular formula is C14H19BrO4. The van der Waals surface area contributed by atoms with E-state index >= 15 is 0 Å². The summed E-state index contributed by atoms with van der Waals surface area (Å²) in [5.74, 6) is 1.13. The summed E-state index contributed by atoms with van der Waals surface area (Å²) < 4.78 is 11.7. The largest absolute Gasteiger partial charge is 0.493 e. The van der Waals surface area contributed by atoms with Gasteiger partial charge in [-0.15, -0.1) is 0 Å². The van der Waals surface area contributed by atoms with Gasteiger partial charge < -0.3 is 19.7 Å². The summed E-state index contributed by atoms with van der Waals surface area (Å²) >= 11 is 3.41. The molecule has 0 amide bonds. The van der Waals surface area contributed by atoms with Crippen molar-refractivity contribution in [1.82, 2.24) is 0 Å². The van der Waals surface area contributed by atoms with Crippen molar-refractivity contribution in [2.24, 2.45) is 0 Å². The molecule has 2 rings (SSSR count). The van der Waals surface area contributed by atoms with E-state index in [4.69, 9.17) is 14.6 Å². The Labute approximate surface area is 121 Å². The van der Waals surface area contributed by atoms with Crippen LogP contribution in [0.1, 0.15) is 31.2 Å². The molecule has 1 saturated carbocycles. The summed E-state index contributed by atoms with van der Waals surface area (Å²) in [4.78, 5) is 0. The number of methoxy groups -OCH3 is 1. The Morgan fingerprint density at radius 1 is 1.32 bits per heavy atom. The summed E-state index contributed by atoms with van der Waals surface area (Å²) in [5, 5.41) is 19.4. The van der Waals surface area contributed by atoms with Crippen molar-refractivity contribution in [3.63, 3.8) is 0 Å². The van der Waals surface area contributed by atoms with Crippen molar-refractivity contribution in [2.75, 3.05) is 13.7 Å². The SMILES string of the molecule is COc1cc(CO)cc(Br)c1OCC1(O)CCCC1. The average Bonchev–Trinajstić information content (AvgIpc) is 2.83. The summed E-state index contributed by atoms with van der Waals surface area (Å²) in [6, 6.07) is 3.52. The second-order valence-corrected chi connectivity index (χ2v) is 5.84. The molecule has 2 N–H and O–H groups in total. The molecule has 4 nitrogen and oxygen atoms in total. The van der Waals surface area contributed by atoms with Gasteiger partial charge in [-0.3, -0.25) is 0 Å². The van der Waals surface area contributed by atoms with Gasteiger partial charge in [-0.25, -0.2) is 0 Å². The molecule has 19 heavy (non-hydrogen) atoms. The molecular weight excluding hydrogens is 312 g/mol. The Kier molecular flexibility index (Phi) is 4.71. The Balaban J connectivity index is 2.15. The fourth-order valence-electron chi connectivity index (χ4n) is 2.39. The van der Waals surface area contributed by atoms with E-state index in [1.54, 1.807) is 19.2 Å². The number of benzene rings is 1. The molecule has 1 aromatic carbocycles. The van der Waals surface area contributed by atoms with Crippen molar-refractivity contribution in [1.29, 1.82) is 0 Å². The smallest absolute Gasteiger partial charge is 0.175 e. The van der Waals surface area contributed by atoms with E-state index in [2.05, 4.69) is 15.9 Å². The fourth-order valence-corrected chi connectivity index (χ4v) is 2.99. The van der Waals surface area contributed by atoms with Gasteiger partial charge in [-0.1, -0.05) is 12.8 Å². The topological polar surface area (TPSA) is 58.9 Å². The molecule has 1 fully saturated rings. The van der Waals surface area contributed by atoms with Gasteiger partial charge in [0.2, 0.25) is 0 Å². The highest BCUT2D eigenvalue weighted by Crippen LogP contribution is 2.38. The van der Waals surface area contributed by atoms with E-state index in [9.17, 15) is 5.11 Å². The first-order valence-corrected chi connectivity index (χ1v) is 7.20. The van der Waals surface area contributed by atoms with Gasteiger partial charge >= 0.3 is 0 Å². The van der Waals surface area contributed by atoms with Crippen LogP contribution in [0, 0.1) is 0 Å². The van der Waals surface area contributed by atoms with Gasteiger partial charge in [0.1, 0.15) is 6.61 Å². The van der Waals surface area contributed by atoms with E-state index in [1.165, 1.54) is 0 Å². The van der Waals surface area contributed by atoms with Crippen LogP contribution >= 0.6 is 15.9 Å². The van der Waals surface area contributed by atoms with Crippen molar-refractivity contribution < 1.29 is 19.7 Å². The van der Waals surface area contributed by atoms with Crippen LogP contribution in [-0.4, -0.2) is 29.5 Å². The third-order valence-electron chi connectivity index (χ3n) is 3.49. The van der Waals surface area contributed by atoms with Gasteiger partial charge in [-0.05, 0) is 46.5 Å². The van der Waals surface area contributed by atoms with Gasteiger partial charge in [-0.2, -0.15) is 0 Å². The number of hydrogen-bond donors (Lipinski definition) is 2. The Bertz CT molecular complexity index is 441. The first kappa shape index (κ1) is 14.6. The van der Waals surface area contributed by atoms with Gasteiger partial charge in [0, 0.05) is 0 Å². The lowest BCUT2D eigenvalue weighted by Gasteiger charge is -2.23. The Morgan fingerprint density at radius 2 is 2.00 bits per heavy atom. The van der Waals surface area contributed by atoms with Crippen LogP contribution in [0.15, 0.2) is 16.6 Å². The molecule has 106 valence electrons. The highest BCUT2D eigenvalue weighted by Gasteiger charge is 2.32. The van der Waals surface area contributed by atoms with Crippen LogP contribution in [0.5, 0.6) is 11.5 Å². The maximum Gasteiger partial charge on any atom is 0.175 e. The molecule has 1 aromatic rings. The average molecular weight is 331 g/mol. The maximum atomic E-state index is 10.3. The number of aliphatic hydroxyl groups excluding tert-OH is 1. The molecule has 0 radical (unpaired) electrons. The maximum absolute atomic E-state index is 10.3. The molecule has 0 unspecified atom stereocenters. The van der Waals surface area contributed by atoms with E-state index in [1.807, 2.05) is 0 Å². The Morgan fingerprint density at radius 3 is 2.58 bits per heavy atom. The second kappa shape index (κ2) is 6.11. The first-order valence-electron chi connectivity index (χ1n) is 6.40. The molecule has 0 saturated heterocycles. The molecule has 0 bridgehead atoms. The zero-order valence-electron chi connectivity index (χ0n) is 11.0. The van der Waals surface area contributed by atoms with Crippen molar-refractivity contribution in [3.05, 3.63) is 22.2 Å². The van der Waals surface area contributed by atoms with Crippen molar-refractivity contribution >= 4 is 15.9 Å². The van der Waals surface area contributed by atoms with Crippen LogP contribution in [-0.2, 0) is 6.61 Å². The highest BCUT2D eigenvalue weighted by atomic mass is 79.9. The first-order chi connectivity index (χ1) is 9.08. The minimum absolute atomic E-state index is 0.0564. The molecule has 5 heteroatoms. The number of hydrogen-bond acceptors (Lipinski definition) is 4. The number of ether oxygens (including phenoxy) is 2. The van der Waals surface area contributed by atoms with Crippen LogP contribution < -0.4 is 9.47 Å². The van der Waals surface area contributed by atoms with E-state index in [0.717, 1.165) is 35.7 Å². The zero-order chi connectivity index (χ0) is 13.9. The van der Waals surface area contributed by atoms with Crippen LogP contribution in [0.3, 0.4) is 0 Å².